The zero-order valence-corrected chi connectivity index (χ0v) is 9.17. The van der Waals surface area contributed by atoms with Crippen molar-refractivity contribution in [1.82, 2.24) is 4.98 Å². The van der Waals surface area contributed by atoms with Gasteiger partial charge in [0.05, 0.1) is 6.10 Å². The van der Waals surface area contributed by atoms with Crippen molar-refractivity contribution in [3.63, 3.8) is 0 Å². The molecule has 1 saturated carbocycles. The van der Waals surface area contributed by atoms with E-state index >= 15 is 0 Å². The van der Waals surface area contributed by atoms with Crippen molar-refractivity contribution in [2.75, 3.05) is 0 Å². The van der Waals surface area contributed by atoms with Crippen molar-refractivity contribution in [1.29, 1.82) is 0 Å². The Morgan fingerprint density at radius 2 is 2.31 bits per heavy atom. The van der Waals surface area contributed by atoms with Crippen LogP contribution in [-0.4, -0.2) is 11.1 Å². The lowest BCUT2D eigenvalue weighted by atomic mass is 10.3. The number of aromatic nitrogens is 1. The average Bonchev–Trinajstić information content (AvgIpc) is 2.92. The lowest BCUT2D eigenvalue weighted by molar-refractivity contribution is 0.299. The van der Waals surface area contributed by atoms with E-state index < -0.39 is 0 Å². The van der Waals surface area contributed by atoms with Gasteiger partial charge in [0.2, 0.25) is 0 Å². The summed E-state index contributed by atoms with van der Waals surface area (Å²) < 4.78 is 6.48. The summed E-state index contributed by atoms with van der Waals surface area (Å²) >= 11 is 3.41. The number of halogens is 1. The maximum absolute atomic E-state index is 5.65. The van der Waals surface area contributed by atoms with Gasteiger partial charge in [-0.1, -0.05) is 6.92 Å². The summed E-state index contributed by atoms with van der Waals surface area (Å²) in [4.78, 5) is 4.36. The van der Waals surface area contributed by atoms with E-state index in [-0.39, 0.29) is 0 Å². The Morgan fingerprint density at radius 3 is 2.85 bits per heavy atom. The quantitative estimate of drug-likeness (QED) is 0.760. The van der Waals surface area contributed by atoms with Gasteiger partial charge in [0.15, 0.2) is 5.75 Å². The van der Waals surface area contributed by atoms with Crippen LogP contribution in [0.5, 0.6) is 5.75 Å². The molecule has 0 saturated heterocycles. The maximum Gasteiger partial charge on any atom is 0.152 e. The van der Waals surface area contributed by atoms with Gasteiger partial charge in [0.25, 0.3) is 0 Å². The summed E-state index contributed by atoms with van der Waals surface area (Å²) in [5, 5.41) is 0. The second kappa shape index (κ2) is 3.66. The molecule has 0 aromatic carbocycles. The summed E-state index contributed by atoms with van der Waals surface area (Å²) in [7, 11) is 0. The summed E-state index contributed by atoms with van der Waals surface area (Å²) in [6, 6.07) is 4.01. The van der Waals surface area contributed by atoms with E-state index in [9.17, 15) is 0 Å². The normalized spacial score (nSPS) is 15.8. The van der Waals surface area contributed by atoms with Crippen molar-refractivity contribution in [2.45, 2.75) is 32.3 Å². The van der Waals surface area contributed by atoms with Gasteiger partial charge in [-0.25, -0.2) is 4.98 Å². The van der Waals surface area contributed by atoms with Crippen LogP contribution < -0.4 is 4.74 Å². The van der Waals surface area contributed by atoms with Gasteiger partial charge in [-0.15, -0.1) is 0 Å². The molecule has 1 fully saturated rings. The Hall–Kier alpha value is -0.570. The number of ether oxygens (including phenoxy) is 1. The van der Waals surface area contributed by atoms with Crippen molar-refractivity contribution in [2.24, 2.45) is 0 Å². The number of pyridine rings is 1. The molecule has 0 atom stereocenters. The first-order valence-corrected chi connectivity index (χ1v) is 5.41. The van der Waals surface area contributed by atoms with Crippen LogP contribution in [0.4, 0.5) is 0 Å². The molecule has 3 heteroatoms. The highest BCUT2D eigenvalue weighted by Gasteiger charge is 2.24. The Kier molecular flexibility index (Phi) is 2.54. The number of nitrogens with zero attached hydrogens (tertiary/aromatic N) is 1. The molecule has 13 heavy (non-hydrogen) atoms. The third-order valence-corrected chi connectivity index (χ3v) is 2.62. The molecule has 1 aliphatic carbocycles. The van der Waals surface area contributed by atoms with Crippen molar-refractivity contribution in [3.8, 4) is 5.75 Å². The molecular weight excluding hydrogens is 230 g/mol. The van der Waals surface area contributed by atoms with Crippen LogP contribution >= 0.6 is 15.9 Å². The molecule has 1 aromatic heterocycles. The minimum atomic E-state index is 0.436. The van der Waals surface area contributed by atoms with E-state index in [4.69, 9.17) is 4.74 Å². The van der Waals surface area contributed by atoms with Gasteiger partial charge in [-0.05, 0) is 47.3 Å². The molecule has 1 aromatic rings. The Morgan fingerprint density at radius 1 is 1.54 bits per heavy atom. The smallest absolute Gasteiger partial charge is 0.152 e. The van der Waals surface area contributed by atoms with Crippen LogP contribution in [0.3, 0.4) is 0 Å². The van der Waals surface area contributed by atoms with Crippen LogP contribution in [-0.2, 0) is 6.42 Å². The Labute approximate surface area is 86.5 Å². The third kappa shape index (κ3) is 2.21. The van der Waals surface area contributed by atoms with Gasteiger partial charge in [0, 0.05) is 5.69 Å². The molecule has 1 aliphatic rings. The van der Waals surface area contributed by atoms with E-state index in [0.717, 1.165) is 22.5 Å². The SMILES string of the molecule is CCc1ccc(OC2CC2)c(Br)n1. The lowest BCUT2D eigenvalue weighted by Gasteiger charge is -2.06. The fourth-order valence-corrected chi connectivity index (χ4v) is 1.56. The lowest BCUT2D eigenvalue weighted by Crippen LogP contribution is -1.98. The standard InChI is InChI=1S/C10H12BrNO/c1-2-7-3-6-9(10(11)12-7)13-8-4-5-8/h3,6,8H,2,4-5H2,1H3. The van der Waals surface area contributed by atoms with Crippen LogP contribution in [0, 0.1) is 0 Å². The first-order valence-electron chi connectivity index (χ1n) is 4.61. The Balaban J connectivity index is 2.15. The molecule has 0 spiro atoms. The Bertz CT molecular complexity index is 310. The fourth-order valence-electron chi connectivity index (χ4n) is 1.11. The molecule has 1 heterocycles. The van der Waals surface area contributed by atoms with Crippen LogP contribution in [0.25, 0.3) is 0 Å². The van der Waals surface area contributed by atoms with Crippen LogP contribution in [0.2, 0.25) is 0 Å². The second-order valence-corrected chi connectivity index (χ2v) is 4.01. The first kappa shape index (κ1) is 9.00. The van der Waals surface area contributed by atoms with Crippen LogP contribution in [0.1, 0.15) is 25.5 Å². The molecule has 70 valence electrons. The van der Waals surface area contributed by atoms with Gasteiger partial charge in [0.1, 0.15) is 4.60 Å². The van der Waals surface area contributed by atoms with E-state index in [1.807, 2.05) is 12.1 Å². The highest BCUT2D eigenvalue weighted by molar-refractivity contribution is 9.10. The second-order valence-electron chi connectivity index (χ2n) is 3.26. The van der Waals surface area contributed by atoms with Gasteiger partial charge >= 0.3 is 0 Å². The highest BCUT2D eigenvalue weighted by atomic mass is 79.9. The highest BCUT2D eigenvalue weighted by Crippen LogP contribution is 2.30. The van der Waals surface area contributed by atoms with E-state index in [1.54, 1.807) is 0 Å². The first-order chi connectivity index (χ1) is 6.29. The number of aryl methyl sites for hydroxylation is 1. The van der Waals surface area contributed by atoms with Gasteiger partial charge < -0.3 is 4.74 Å². The van der Waals surface area contributed by atoms with Gasteiger partial charge in [-0.2, -0.15) is 0 Å². The molecule has 0 amide bonds. The molecule has 0 unspecified atom stereocenters. The molecule has 2 nitrogen and oxygen atoms in total. The van der Waals surface area contributed by atoms with Crippen molar-refractivity contribution in [3.05, 3.63) is 22.4 Å². The largest absolute Gasteiger partial charge is 0.488 e. The predicted octanol–water partition coefficient (Wildman–Crippen LogP) is 2.95. The molecule has 0 radical (unpaired) electrons. The topological polar surface area (TPSA) is 22.1 Å². The molecular formula is C10H12BrNO. The third-order valence-electron chi connectivity index (χ3n) is 2.05. The average molecular weight is 242 g/mol. The van der Waals surface area contributed by atoms with Crippen LogP contribution in [0.15, 0.2) is 16.7 Å². The molecule has 2 rings (SSSR count). The predicted molar refractivity (Wildman–Crippen MR) is 55.0 cm³/mol. The van der Waals surface area contributed by atoms with E-state index in [1.165, 1.54) is 12.8 Å². The summed E-state index contributed by atoms with van der Waals surface area (Å²) in [6.45, 7) is 2.09. The van der Waals surface area contributed by atoms with Gasteiger partial charge in [-0.3, -0.25) is 0 Å². The molecule has 0 N–H and O–H groups in total. The minimum Gasteiger partial charge on any atom is -0.488 e. The number of rotatable bonds is 3. The maximum atomic E-state index is 5.65. The van der Waals surface area contributed by atoms with Crippen molar-refractivity contribution >= 4 is 15.9 Å². The summed E-state index contributed by atoms with van der Waals surface area (Å²) in [6.07, 6.45) is 3.76. The fraction of sp³-hybridized carbons (Fsp3) is 0.500. The van der Waals surface area contributed by atoms with Crippen molar-refractivity contribution < 1.29 is 4.74 Å². The molecule has 0 aliphatic heterocycles. The summed E-state index contributed by atoms with van der Waals surface area (Å²) in [5.74, 6) is 0.875. The zero-order chi connectivity index (χ0) is 9.26. The zero-order valence-electron chi connectivity index (χ0n) is 7.59. The summed E-state index contributed by atoms with van der Waals surface area (Å²) in [5.41, 5.74) is 1.09. The monoisotopic (exact) mass is 241 g/mol. The number of hydrogen-bond acceptors (Lipinski definition) is 2. The minimum absolute atomic E-state index is 0.436. The van der Waals surface area contributed by atoms with E-state index in [0.29, 0.717) is 6.10 Å². The molecule has 0 bridgehead atoms. The van der Waals surface area contributed by atoms with E-state index in [2.05, 4.69) is 27.8 Å². The number of hydrogen-bond donors (Lipinski definition) is 0.